The van der Waals surface area contributed by atoms with Crippen molar-refractivity contribution >= 4 is 12.0 Å². The summed E-state index contributed by atoms with van der Waals surface area (Å²) in [4.78, 5) is 25.0. The summed E-state index contributed by atoms with van der Waals surface area (Å²) in [5.74, 6) is -0.813. The maximum Gasteiger partial charge on any atom is 0.314 e. The summed E-state index contributed by atoms with van der Waals surface area (Å²) in [6.45, 7) is 2.52. The molecule has 7 heteroatoms. The fourth-order valence-electron chi connectivity index (χ4n) is 2.42. The van der Waals surface area contributed by atoms with Crippen molar-refractivity contribution in [1.29, 1.82) is 0 Å². The van der Waals surface area contributed by atoms with Gasteiger partial charge in [0.25, 0.3) is 0 Å². The third kappa shape index (κ3) is 6.31. The molecular formula is C14H27N3O4. The first-order valence-corrected chi connectivity index (χ1v) is 7.44. The van der Waals surface area contributed by atoms with E-state index in [0.29, 0.717) is 32.6 Å². The predicted molar refractivity (Wildman–Crippen MR) is 79.3 cm³/mol. The summed E-state index contributed by atoms with van der Waals surface area (Å²) in [5.41, 5.74) is -0.778. The Kier molecular flexibility index (Phi) is 7.45. The molecule has 0 unspecified atom stereocenters. The minimum Gasteiger partial charge on any atom is -0.481 e. The van der Waals surface area contributed by atoms with Crippen molar-refractivity contribution in [2.24, 2.45) is 5.41 Å². The Labute approximate surface area is 126 Å². The molecule has 0 aromatic heterocycles. The molecule has 1 saturated carbocycles. The van der Waals surface area contributed by atoms with Gasteiger partial charge < -0.3 is 25.4 Å². The highest BCUT2D eigenvalue weighted by atomic mass is 16.5. The van der Waals surface area contributed by atoms with Crippen molar-refractivity contribution in [3.8, 4) is 0 Å². The summed E-state index contributed by atoms with van der Waals surface area (Å²) in [7, 11) is 3.94. The highest BCUT2D eigenvalue weighted by molar-refractivity contribution is 5.78. The Morgan fingerprint density at radius 1 is 1.19 bits per heavy atom. The van der Waals surface area contributed by atoms with Gasteiger partial charge in [0.15, 0.2) is 0 Å². The summed E-state index contributed by atoms with van der Waals surface area (Å²) < 4.78 is 5.35. The summed E-state index contributed by atoms with van der Waals surface area (Å²) in [5, 5.41) is 14.6. The maximum absolute atomic E-state index is 11.6. The molecule has 122 valence electrons. The molecule has 2 amide bonds. The molecule has 1 rings (SSSR count). The first kappa shape index (κ1) is 17.7. The van der Waals surface area contributed by atoms with Crippen LogP contribution in [0.1, 0.15) is 25.7 Å². The van der Waals surface area contributed by atoms with Gasteiger partial charge in [0.05, 0.1) is 18.6 Å². The molecule has 0 aromatic carbocycles. The van der Waals surface area contributed by atoms with Crippen molar-refractivity contribution in [3.63, 3.8) is 0 Å². The van der Waals surface area contributed by atoms with Gasteiger partial charge in [-0.15, -0.1) is 0 Å². The number of carbonyl (C=O) groups excluding carboxylic acids is 1. The fourth-order valence-corrected chi connectivity index (χ4v) is 2.42. The van der Waals surface area contributed by atoms with Crippen LogP contribution in [-0.4, -0.2) is 69.0 Å². The smallest absolute Gasteiger partial charge is 0.314 e. The zero-order valence-corrected chi connectivity index (χ0v) is 13.0. The van der Waals surface area contributed by atoms with E-state index < -0.39 is 11.4 Å². The zero-order chi connectivity index (χ0) is 15.7. The number of hydrogen-bond donors (Lipinski definition) is 3. The van der Waals surface area contributed by atoms with Crippen LogP contribution in [0.3, 0.4) is 0 Å². The van der Waals surface area contributed by atoms with Gasteiger partial charge in [-0.1, -0.05) is 12.8 Å². The molecule has 3 N–H and O–H groups in total. The van der Waals surface area contributed by atoms with Crippen LogP contribution in [0.15, 0.2) is 0 Å². The van der Waals surface area contributed by atoms with Gasteiger partial charge in [-0.2, -0.15) is 0 Å². The SMILES string of the molecule is CN(C)CCOCCNC(=O)NCC1(C(=O)O)CCCC1. The number of rotatable bonds is 9. The predicted octanol–water partition coefficient (Wildman–Crippen LogP) is 0.509. The van der Waals surface area contributed by atoms with Gasteiger partial charge in [0.1, 0.15) is 0 Å². The number of nitrogens with zero attached hydrogens (tertiary/aromatic N) is 1. The Morgan fingerprint density at radius 2 is 1.86 bits per heavy atom. The van der Waals surface area contributed by atoms with Crippen LogP contribution >= 0.6 is 0 Å². The zero-order valence-electron chi connectivity index (χ0n) is 13.0. The molecule has 21 heavy (non-hydrogen) atoms. The molecule has 0 heterocycles. The summed E-state index contributed by atoms with van der Waals surface area (Å²) in [6, 6.07) is -0.335. The molecule has 0 aromatic rings. The molecular weight excluding hydrogens is 274 g/mol. The lowest BCUT2D eigenvalue weighted by molar-refractivity contribution is -0.148. The molecule has 0 bridgehead atoms. The monoisotopic (exact) mass is 301 g/mol. The number of amides is 2. The van der Waals surface area contributed by atoms with Crippen molar-refractivity contribution in [1.82, 2.24) is 15.5 Å². The van der Waals surface area contributed by atoms with E-state index >= 15 is 0 Å². The topological polar surface area (TPSA) is 90.9 Å². The van der Waals surface area contributed by atoms with Crippen LogP contribution in [0.5, 0.6) is 0 Å². The number of carboxylic acids is 1. The van der Waals surface area contributed by atoms with Gasteiger partial charge in [0, 0.05) is 19.6 Å². The van der Waals surface area contributed by atoms with Crippen molar-refractivity contribution in [3.05, 3.63) is 0 Å². The lowest BCUT2D eigenvalue weighted by Crippen LogP contribution is -2.45. The van der Waals surface area contributed by atoms with Crippen LogP contribution in [0.2, 0.25) is 0 Å². The lowest BCUT2D eigenvalue weighted by Gasteiger charge is -2.24. The largest absolute Gasteiger partial charge is 0.481 e. The first-order valence-electron chi connectivity index (χ1n) is 7.44. The quantitative estimate of drug-likeness (QED) is 0.540. The van der Waals surface area contributed by atoms with Gasteiger partial charge in [-0.05, 0) is 26.9 Å². The minimum atomic E-state index is -0.813. The van der Waals surface area contributed by atoms with Crippen LogP contribution in [0.4, 0.5) is 4.79 Å². The molecule has 0 saturated heterocycles. The fraction of sp³-hybridized carbons (Fsp3) is 0.857. The number of urea groups is 1. The van der Waals surface area contributed by atoms with Crippen molar-refractivity contribution in [2.45, 2.75) is 25.7 Å². The maximum atomic E-state index is 11.6. The van der Waals surface area contributed by atoms with Crippen molar-refractivity contribution < 1.29 is 19.4 Å². The molecule has 7 nitrogen and oxygen atoms in total. The van der Waals surface area contributed by atoms with Gasteiger partial charge in [-0.25, -0.2) is 4.79 Å². The second-order valence-corrected chi connectivity index (χ2v) is 5.82. The molecule has 0 atom stereocenters. The van der Waals surface area contributed by atoms with Crippen molar-refractivity contribution in [2.75, 3.05) is 46.9 Å². The molecule has 1 aliphatic carbocycles. The Balaban J connectivity index is 2.12. The molecule has 1 aliphatic rings. The number of ether oxygens (including phenoxy) is 1. The first-order chi connectivity index (χ1) is 9.96. The summed E-state index contributed by atoms with van der Waals surface area (Å²) >= 11 is 0. The number of likely N-dealkylation sites (N-methyl/N-ethyl adjacent to an activating group) is 1. The van der Waals surface area contributed by atoms with Crippen LogP contribution in [-0.2, 0) is 9.53 Å². The van der Waals surface area contributed by atoms with E-state index in [9.17, 15) is 14.7 Å². The number of carbonyl (C=O) groups is 2. The second-order valence-electron chi connectivity index (χ2n) is 5.82. The highest BCUT2D eigenvalue weighted by Crippen LogP contribution is 2.37. The molecule has 0 aliphatic heterocycles. The van der Waals surface area contributed by atoms with E-state index in [4.69, 9.17) is 4.74 Å². The second kappa shape index (κ2) is 8.84. The molecule has 1 fully saturated rings. The third-order valence-corrected chi connectivity index (χ3v) is 3.82. The molecule has 0 spiro atoms. The minimum absolute atomic E-state index is 0.190. The number of aliphatic carboxylic acids is 1. The third-order valence-electron chi connectivity index (χ3n) is 3.82. The van der Waals surface area contributed by atoms with Gasteiger partial charge in [-0.3, -0.25) is 4.79 Å². The average molecular weight is 301 g/mol. The Morgan fingerprint density at radius 3 is 2.43 bits per heavy atom. The van der Waals surface area contributed by atoms with Crippen LogP contribution in [0.25, 0.3) is 0 Å². The highest BCUT2D eigenvalue weighted by Gasteiger charge is 2.41. The Hall–Kier alpha value is -1.34. The average Bonchev–Trinajstić information content (AvgIpc) is 2.90. The Bertz CT molecular complexity index is 341. The van der Waals surface area contributed by atoms with E-state index in [-0.39, 0.29) is 12.6 Å². The normalized spacial score (nSPS) is 16.9. The van der Waals surface area contributed by atoms with E-state index in [2.05, 4.69) is 10.6 Å². The van der Waals surface area contributed by atoms with Gasteiger partial charge >= 0.3 is 12.0 Å². The van der Waals surface area contributed by atoms with E-state index in [1.807, 2.05) is 19.0 Å². The standard InChI is InChI=1S/C14H27N3O4/c1-17(2)8-10-21-9-7-15-13(20)16-11-14(12(18)19)5-3-4-6-14/h3-11H2,1-2H3,(H,18,19)(H2,15,16,20). The van der Waals surface area contributed by atoms with Crippen LogP contribution in [0, 0.1) is 5.41 Å². The number of carboxylic acid groups (broad SMARTS) is 1. The van der Waals surface area contributed by atoms with E-state index in [0.717, 1.165) is 19.4 Å². The lowest BCUT2D eigenvalue weighted by atomic mass is 9.86. The van der Waals surface area contributed by atoms with Crippen LogP contribution < -0.4 is 10.6 Å². The van der Waals surface area contributed by atoms with E-state index in [1.54, 1.807) is 0 Å². The number of nitrogens with one attached hydrogen (secondary N) is 2. The van der Waals surface area contributed by atoms with Gasteiger partial charge in [0.2, 0.25) is 0 Å². The number of hydrogen-bond acceptors (Lipinski definition) is 4. The molecule has 0 radical (unpaired) electrons. The summed E-state index contributed by atoms with van der Waals surface area (Å²) in [6.07, 6.45) is 3.09. The van der Waals surface area contributed by atoms with E-state index in [1.165, 1.54) is 0 Å².